The first kappa shape index (κ1) is 17.1. The Labute approximate surface area is 155 Å². The van der Waals surface area contributed by atoms with E-state index in [1.807, 2.05) is 17.0 Å². The molecule has 3 heterocycles. The molecule has 4 nitrogen and oxygen atoms in total. The minimum Gasteiger partial charge on any atom is -0.508 e. The Balaban J connectivity index is 1.44. The average molecular weight is 350 g/mol. The molecule has 2 aromatic carbocycles. The van der Waals surface area contributed by atoms with E-state index in [4.69, 9.17) is 0 Å². The summed E-state index contributed by atoms with van der Waals surface area (Å²) in [4.78, 5) is 17.4. The second-order valence-corrected chi connectivity index (χ2v) is 7.62. The summed E-state index contributed by atoms with van der Waals surface area (Å²) in [5, 5.41) is 9.96. The monoisotopic (exact) mass is 350 g/mol. The molecule has 4 heteroatoms. The van der Waals surface area contributed by atoms with Crippen LogP contribution in [0.3, 0.4) is 0 Å². The van der Waals surface area contributed by atoms with Crippen LogP contribution >= 0.6 is 0 Å². The van der Waals surface area contributed by atoms with Gasteiger partial charge < -0.3 is 10.0 Å². The second-order valence-electron chi connectivity index (χ2n) is 7.62. The molecule has 3 aliphatic heterocycles. The number of para-hydroxylation sites is 1. The Morgan fingerprint density at radius 1 is 0.962 bits per heavy atom. The van der Waals surface area contributed by atoms with Gasteiger partial charge in [-0.05, 0) is 30.4 Å². The Hall–Kier alpha value is -2.33. The predicted molar refractivity (Wildman–Crippen MR) is 102 cm³/mol. The van der Waals surface area contributed by atoms with Crippen molar-refractivity contribution < 1.29 is 9.90 Å². The smallest absolute Gasteiger partial charge is 0.227 e. The van der Waals surface area contributed by atoms with E-state index in [1.54, 1.807) is 12.1 Å². The molecule has 0 saturated carbocycles. The van der Waals surface area contributed by atoms with Gasteiger partial charge in [-0.15, -0.1) is 0 Å². The first-order valence-corrected chi connectivity index (χ1v) is 9.51. The zero-order chi connectivity index (χ0) is 17.9. The van der Waals surface area contributed by atoms with E-state index in [1.165, 1.54) is 12.0 Å². The summed E-state index contributed by atoms with van der Waals surface area (Å²) in [5.41, 5.74) is 2.06. The summed E-state index contributed by atoms with van der Waals surface area (Å²) in [6, 6.07) is 18.2. The van der Waals surface area contributed by atoms with Gasteiger partial charge >= 0.3 is 0 Å². The van der Waals surface area contributed by atoms with Crippen LogP contribution in [0.15, 0.2) is 54.6 Å². The van der Waals surface area contributed by atoms with Crippen LogP contribution in [0.5, 0.6) is 5.75 Å². The normalized spacial score (nSPS) is 23.0. The lowest BCUT2D eigenvalue weighted by Gasteiger charge is -2.36. The van der Waals surface area contributed by atoms with E-state index in [0.29, 0.717) is 12.0 Å². The minimum atomic E-state index is 0.130. The molecule has 2 aromatic rings. The number of rotatable bonds is 4. The lowest BCUT2D eigenvalue weighted by molar-refractivity contribution is -0.130. The van der Waals surface area contributed by atoms with Gasteiger partial charge in [0, 0.05) is 37.8 Å². The molecular weight excluding hydrogens is 324 g/mol. The molecule has 2 atom stereocenters. The number of piperidine rings is 1. The highest BCUT2D eigenvalue weighted by molar-refractivity contribution is 5.79. The van der Waals surface area contributed by atoms with Crippen molar-refractivity contribution in [2.24, 2.45) is 5.92 Å². The lowest BCUT2D eigenvalue weighted by atomic mass is 9.94. The Bertz CT molecular complexity index is 762. The molecule has 0 aliphatic carbocycles. The zero-order valence-electron chi connectivity index (χ0n) is 15.1. The summed E-state index contributed by atoms with van der Waals surface area (Å²) in [6.45, 7) is 3.67. The summed E-state index contributed by atoms with van der Waals surface area (Å²) < 4.78 is 0. The number of carbonyl (C=O) groups is 1. The number of nitrogens with zero attached hydrogens (tertiary/aromatic N) is 2. The van der Waals surface area contributed by atoms with Crippen LogP contribution in [-0.2, 0) is 17.8 Å². The number of fused-ring (bicyclic) bond motifs is 4. The molecule has 5 rings (SSSR count). The highest BCUT2D eigenvalue weighted by atomic mass is 16.3. The summed E-state index contributed by atoms with van der Waals surface area (Å²) in [7, 11) is 0. The van der Waals surface area contributed by atoms with Crippen LogP contribution in [0.1, 0.15) is 24.0 Å². The van der Waals surface area contributed by atoms with Crippen LogP contribution in [0.2, 0.25) is 0 Å². The highest BCUT2D eigenvalue weighted by Crippen LogP contribution is 2.30. The van der Waals surface area contributed by atoms with Gasteiger partial charge in [0.15, 0.2) is 0 Å². The van der Waals surface area contributed by atoms with Crippen LogP contribution in [0.25, 0.3) is 0 Å². The number of phenolic OH excluding ortho intramolecular Hbond substituents is 1. The van der Waals surface area contributed by atoms with E-state index in [2.05, 4.69) is 35.2 Å². The summed E-state index contributed by atoms with van der Waals surface area (Å²) in [6.07, 6.45) is 2.65. The molecule has 0 unspecified atom stereocenters. The molecule has 2 bridgehead atoms. The van der Waals surface area contributed by atoms with Gasteiger partial charge in [-0.25, -0.2) is 0 Å². The van der Waals surface area contributed by atoms with E-state index < -0.39 is 0 Å². The van der Waals surface area contributed by atoms with Crippen LogP contribution in [0, 0.1) is 5.92 Å². The van der Waals surface area contributed by atoms with Gasteiger partial charge in [0.05, 0.1) is 6.42 Å². The van der Waals surface area contributed by atoms with Crippen molar-refractivity contribution in [3.8, 4) is 5.75 Å². The Morgan fingerprint density at radius 2 is 1.73 bits per heavy atom. The molecule has 0 radical (unpaired) electrons. The van der Waals surface area contributed by atoms with E-state index in [0.717, 1.165) is 38.2 Å². The van der Waals surface area contributed by atoms with E-state index >= 15 is 0 Å². The third kappa shape index (κ3) is 3.75. The van der Waals surface area contributed by atoms with Gasteiger partial charge in [0.1, 0.15) is 5.75 Å². The van der Waals surface area contributed by atoms with E-state index in [9.17, 15) is 9.90 Å². The van der Waals surface area contributed by atoms with Crippen molar-refractivity contribution in [2.75, 3.05) is 19.6 Å². The lowest BCUT2D eigenvalue weighted by Crippen LogP contribution is -2.44. The van der Waals surface area contributed by atoms with Gasteiger partial charge in [-0.1, -0.05) is 48.5 Å². The number of hydrogen-bond acceptors (Lipinski definition) is 3. The Morgan fingerprint density at radius 3 is 2.54 bits per heavy atom. The fourth-order valence-electron chi connectivity index (χ4n) is 4.33. The third-order valence-corrected chi connectivity index (χ3v) is 5.74. The summed E-state index contributed by atoms with van der Waals surface area (Å²) in [5.74, 6) is 0.889. The maximum Gasteiger partial charge on any atom is 0.227 e. The first-order chi connectivity index (χ1) is 12.7. The SMILES string of the molecule is O=C(Cc1ccccc1O)N1C[C@@H]2CC[C@H](C1)N(Cc1ccccc1)C2. The minimum absolute atomic E-state index is 0.130. The van der Waals surface area contributed by atoms with Crippen molar-refractivity contribution in [3.05, 3.63) is 65.7 Å². The number of phenols is 1. The fourth-order valence-corrected chi connectivity index (χ4v) is 4.33. The topological polar surface area (TPSA) is 43.8 Å². The van der Waals surface area contributed by atoms with E-state index in [-0.39, 0.29) is 18.1 Å². The van der Waals surface area contributed by atoms with Crippen molar-refractivity contribution in [1.82, 2.24) is 9.80 Å². The molecule has 1 N–H and O–H groups in total. The predicted octanol–water partition coefficient (Wildman–Crippen LogP) is 3.06. The van der Waals surface area contributed by atoms with Crippen LogP contribution in [-0.4, -0.2) is 46.5 Å². The average Bonchev–Trinajstić information content (AvgIpc) is 2.96. The first-order valence-electron chi connectivity index (χ1n) is 9.51. The van der Waals surface area contributed by atoms with Gasteiger partial charge in [0.25, 0.3) is 0 Å². The molecule has 3 aliphatic rings. The van der Waals surface area contributed by atoms with Gasteiger partial charge in [-0.2, -0.15) is 0 Å². The second kappa shape index (κ2) is 7.50. The Kier molecular flexibility index (Phi) is 4.93. The molecule has 1 amide bonds. The van der Waals surface area contributed by atoms with Crippen molar-refractivity contribution in [2.45, 2.75) is 31.8 Å². The van der Waals surface area contributed by atoms with Crippen LogP contribution in [0.4, 0.5) is 0 Å². The molecule has 3 saturated heterocycles. The fraction of sp³-hybridized carbons (Fsp3) is 0.409. The molecule has 0 aromatic heterocycles. The number of aromatic hydroxyl groups is 1. The molecule has 26 heavy (non-hydrogen) atoms. The van der Waals surface area contributed by atoms with Gasteiger partial charge in [0.2, 0.25) is 5.91 Å². The van der Waals surface area contributed by atoms with Gasteiger partial charge in [-0.3, -0.25) is 9.69 Å². The van der Waals surface area contributed by atoms with Crippen LogP contribution < -0.4 is 0 Å². The molecule has 136 valence electrons. The number of benzene rings is 2. The van der Waals surface area contributed by atoms with Crippen molar-refractivity contribution >= 4 is 5.91 Å². The summed E-state index contributed by atoms with van der Waals surface area (Å²) >= 11 is 0. The number of hydrogen-bond donors (Lipinski definition) is 1. The number of amides is 1. The molecular formula is C22H26N2O2. The standard InChI is InChI=1S/C22H26N2O2/c25-21-9-5-4-8-19(21)12-22(26)24-15-18-10-11-20(16-24)23(14-18)13-17-6-2-1-3-7-17/h1-9,18,20,25H,10-16H2/t18-,20-/m1/s1. The largest absolute Gasteiger partial charge is 0.508 e. The maximum absolute atomic E-state index is 12.9. The number of carbonyl (C=O) groups excluding carboxylic acids is 1. The quantitative estimate of drug-likeness (QED) is 0.922. The maximum atomic E-state index is 12.9. The molecule has 3 fully saturated rings. The van der Waals surface area contributed by atoms with Crippen molar-refractivity contribution in [3.63, 3.8) is 0 Å². The zero-order valence-corrected chi connectivity index (χ0v) is 15.1. The molecule has 0 spiro atoms. The third-order valence-electron chi connectivity index (χ3n) is 5.74. The van der Waals surface area contributed by atoms with Crippen molar-refractivity contribution in [1.29, 1.82) is 0 Å². The highest BCUT2D eigenvalue weighted by Gasteiger charge is 2.36.